The van der Waals surface area contributed by atoms with Crippen LogP contribution >= 0.6 is 0 Å². The lowest BCUT2D eigenvalue weighted by Gasteiger charge is -2.60. The van der Waals surface area contributed by atoms with Gasteiger partial charge in [0.25, 0.3) is 0 Å². The average Bonchev–Trinajstić information content (AvgIpc) is 2.95. The molecule has 1 aromatic rings. The summed E-state index contributed by atoms with van der Waals surface area (Å²) in [5.74, 6) is 2.62. The number of anilines is 1. The first kappa shape index (κ1) is 18.6. The molecule has 5 nitrogen and oxygen atoms in total. The summed E-state index contributed by atoms with van der Waals surface area (Å²) in [6.07, 6.45) is 15.4. The van der Waals surface area contributed by atoms with Crippen molar-refractivity contribution in [2.45, 2.75) is 82.3 Å². The summed E-state index contributed by atoms with van der Waals surface area (Å²) in [5.41, 5.74) is 2.14. The summed E-state index contributed by atoms with van der Waals surface area (Å²) in [7, 11) is 2.25. The van der Waals surface area contributed by atoms with E-state index in [1.165, 1.54) is 70.0 Å². The predicted octanol–water partition coefficient (Wildman–Crippen LogP) is 3.52. The normalized spacial score (nSPS) is 40.8. The van der Waals surface area contributed by atoms with Gasteiger partial charge in [-0.3, -0.25) is 0 Å². The van der Waals surface area contributed by atoms with Gasteiger partial charge in [-0.05, 0) is 94.3 Å². The van der Waals surface area contributed by atoms with Crippen LogP contribution in [0.15, 0.2) is 12.4 Å². The van der Waals surface area contributed by atoms with Gasteiger partial charge in [0.05, 0.1) is 0 Å². The summed E-state index contributed by atoms with van der Waals surface area (Å²) < 4.78 is 0. The van der Waals surface area contributed by atoms with Crippen LogP contribution in [0.5, 0.6) is 0 Å². The fourth-order valence-corrected chi connectivity index (χ4v) is 7.66. The third-order valence-corrected chi connectivity index (χ3v) is 8.97. The lowest BCUT2D eigenvalue weighted by molar-refractivity contribution is -0.0879. The molecule has 2 unspecified atom stereocenters. The van der Waals surface area contributed by atoms with Gasteiger partial charge in [0, 0.05) is 43.6 Å². The van der Waals surface area contributed by atoms with E-state index in [-0.39, 0.29) is 0 Å². The average molecular weight is 396 g/mol. The van der Waals surface area contributed by atoms with Crippen LogP contribution in [0.4, 0.5) is 5.95 Å². The van der Waals surface area contributed by atoms with Crippen LogP contribution < -0.4 is 4.90 Å². The number of aromatic nitrogens is 2. The molecule has 29 heavy (non-hydrogen) atoms. The number of hydrogen-bond acceptors (Lipinski definition) is 5. The van der Waals surface area contributed by atoms with E-state index in [0.717, 1.165) is 36.4 Å². The van der Waals surface area contributed by atoms with E-state index in [0.29, 0.717) is 18.0 Å². The molecule has 3 aliphatic heterocycles. The highest BCUT2D eigenvalue weighted by molar-refractivity contribution is 5.38. The molecule has 2 aliphatic carbocycles. The minimum Gasteiger partial charge on any atom is -0.332 e. The van der Waals surface area contributed by atoms with Crippen LogP contribution in [-0.4, -0.2) is 71.1 Å². The Morgan fingerprint density at radius 2 is 1.48 bits per heavy atom. The first-order valence-corrected chi connectivity index (χ1v) is 12.1. The topological polar surface area (TPSA) is 35.5 Å². The van der Waals surface area contributed by atoms with E-state index in [1.54, 1.807) is 0 Å². The molecule has 6 rings (SSSR count). The van der Waals surface area contributed by atoms with Gasteiger partial charge in [0.15, 0.2) is 0 Å². The molecule has 2 saturated carbocycles. The molecule has 1 aromatic heterocycles. The SMILES string of the molecule is CC1CC2(C1)CC(N1CCC(c3cnc(N4C5CCC4CN(C)C5)nc3)CC1)C2. The van der Waals surface area contributed by atoms with Crippen molar-refractivity contribution < 1.29 is 0 Å². The predicted molar refractivity (Wildman–Crippen MR) is 116 cm³/mol. The van der Waals surface area contributed by atoms with Gasteiger partial charge in [-0.1, -0.05) is 6.92 Å². The molecule has 5 fully saturated rings. The molecular weight excluding hydrogens is 358 g/mol. The summed E-state index contributed by atoms with van der Waals surface area (Å²) in [6, 6.07) is 2.10. The highest BCUT2D eigenvalue weighted by atomic mass is 15.4. The maximum Gasteiger partial charge on any atom is 0.225 e. The zero-order valence-electron chi connectivity index (χ0n) is 18.3. The van der Waals surface area contributed by atoms with Crippen molar-refractivity contribution in [1.82, 2.24) is 19.8 Å². The molecule has 0 amide bonds. The Balaban J connectivity index is 1.04. The molecule has 158 valence electrons. The third-order valence-electron chi connectivity index (χ3n) is 8.97. The van der Waals surface area contributed by atoms with Crippen molar-refractivity contribution >= 4 is 5.95 Å². The second-order valence-electron chi connectivity index (χ2n) is 11.2. The molecule has 0 aromatic carbocycles. The Hall–Kier alpha value is -1.20. The number of fused-ring (bicyclic) bond motifs is 2. The van der Waals surface area contributed by atoms with Crippen molar-refractivity contribution in [1.29, 1.82) is 0 Å². The molecular formula is C24H37N5. The van der Waals surface area contributed by atoms with E-state index in [1.807, 2.05) is 0 Å². The maximum absolute atomic E-state index is 4.85. The maximum atomic E-state index is 4.85. The van der Waals surface area contributed by atoms with Gasteiger partial charge in [-0.2, -0.15) is 0 Å². The number of likely N-dealkylation sites (N-methyl/N-ethyl adjacent to an activating group) is 1. The lowest BCUT2D eigenvalue weighted by Crippen LogP contribution is -2.57. The summed E-state index contributed by atoms with van der Waals surface area (Å²) in [5, 5.41) is 0. The standard InChI is InChI=1S/C24H37N5/c1-17-9-24(10-17)11-22(12-24)28-7-5-18(6-8-28)19-13-25-23(26-14-19)29-20-3-4-21(29)16-27(2)15-20/h13-14,17-18,20-22H,3-12,15-16H2,1-2H3. The van der Waals surface area contributed by atoms with Crippen LogP contribution in [0.3, 0.4) is 0 Å². The van der Waals surface area contributed by atoms with E-state index in [9.17, 15) is 0 Å². The Morgan fingerprint density at radius 3 is 2.07 bits per heavy atom. The van der Waals surface area contributed by atoms with Crippen LogP contribution in [0.1, 0.15) is 69.8 Å². The van der Waals surface area contributed by atoms with Crippen molar-refractivity contribution in [2.75, 3.05) is 38.1 Å². The fourth-order valence-electron chi connectivity index (χ4n) is 7.66. The number of piperazine rings is 1. The number of nitrogens with zero attached hydrogens (tertiary/aromatic N) is 5. The summed E-state index contributed by atoms with van der Waals surface area (Å²) in [4.78, 5) is 17.5. The zero-order chi connectivity index (χ0) is 19.6. The number of hydrogen-bond donors (Lipinski definition) is 0. The second-order valence-corrected chi connectivity index (χ2v) is 11.2. The quantitative estimate of drug-likeness (QED) is 0.783. The van der Waals surface area contributed by atoms with Crippen LogP contribution in [0, 0.1) is 11.3 Å². The van der Waals surface area contributed by atoms with Gasteiger partial charge >= 0.3 is 0 Å². The minimum atomic E-state index is 0.609. The van der Waals surface area contributed by atoms with E-state index < -0.39 is 0 Å². The van der Waals surface area contributed by atoms with Crippen molar-refractivity contribution in [3.63, 3.8) is 0 Å². The van der Waals surface area contributed by atoms with Crippen LogP contribution in [0.2, 0.25) is 0 Å². The Bertz CT molecular complexity index is 712. The molecule has 4 heterocycles. The van der Waals surface area contributed by atoms with Crippen LogP contribution in [-0.2, 0) is 0 Å². The summed E-state index contributed by atoms with van der Waals surface area (Å²) in [6.45, 7) is 7.27. The number of piperidine rings is 1. The molecule has 5 aliphatic rings. The highest BCUT2D eigenvalue weighted by Crippen LogP contribution is 2.60. The Labute approximate surface area is 175 Å². The van der Waals surface area contributed by atoms with Crippen LogP contribution in [0.25, 0.3) is 0 Å². The number of rotatable bonds is 3. The first-order valence-electron chi connectivity index (χ1n) is 12.1. The molecule has 2 bridgehead atoms. The van der Waals surface area contributed by atoms with Crippen molar-refractivity contribution in [3.05, 3.63) is 18.0 Å². The van der Waals surface area contributed by atoms with E-state index >= 15 is 0 Å². The number of likely N-dealkylation sites (tertiary alicyclic amines) is 2. The van der Waals surface area contributed by atoms with E-state index in [4.69, 9.17) is 9.97 Å². The molecule has 2 atom stereocenters. The molecule has 5 heteroatoms. The smallest absolute Gasteiger partial charge is 0.225 e. The molecule has 1 spiro atoms. The van der Waals surface area contributed by atoms with Gasteiger partial charge in [-0.25, -0.2) is 9.97 Å². The zero-order valence-corrected chi connectivity index (χ0v) is 18.3. The minimum absolute atomic E-state index is 0.609. The van der Waals surface area contributed by atoms with Gasteiger partial charge in [-0.15, -0.1) is 0 Å². The largest absolute Gasteiger partial charge is 0.332 e. The molecule has 0 N–H and O–H groups in total. The van der Waals surface area contributed by atoms with Crippen molar-refractivity contribution in [3.8, 4) is 0 Å². The van der Waals surface area contributed by atoms with Gasteiger partial charge in [0.2, 0.25) is 5.95 Å². The van der Waals surface area contributed by atoms with E-state index in [2.05, 4.69) is 41.1 Å². The second kappa shape index (κ2) is 6.91. The fraction of sp³-hybridized carbons (Fsp3) is 0.833. The Morgan fingerprint density at radius 1 is 0.862 bits per heavy atom. The summed E-state index contributed by atoms with van der Waals surface area (Å²) >= 11 is 0. The highest BCUT2D eigenvalue weighted by Gasteiger charge is 2.52. The molecule has 3 saturated heterocycles. The molecule has 0 radical (unpaired) electrons. The van der Waals surface area contributed by atoms with Crippen molar-refractivity contribution in [2.24, 2.45) is 11.3 Å². The first-order chi connectivity index (χ1) is 14.1. The lowest BCUT2D eigenvalue weighted by atomic mass is 9.50. The monoisotopic (exact) mass is 395 g/mol. The third kappa shape index (κ3) is 3.20. The Kier molecular flexibility index (Phi) is 4.42. The van der Waals surface area contributed by atoms with Gasteiger partial charge < -0.3 is 14.7 Å². The van der Waals surface area contributed by atoms with Gasteiger partial charge in [0.1, 0.15) is 0 Å².